The van der Waals surface area contributed by atoms with E-state index in [1.54, 1.807) is 0 Å². The van der Waals surface area contributed by atoms with Crippen molar-refractivity contribution in [2.24, 2.45) is 0 Å². The largest absolute Gasteiger partial charge is 0.466 e. The first-order valence-electron chi connectivity index (χ1n) is 6.20. The lowest BCUT2D eigenvalue weighted by Gasteiger charge is -2.22. The molecule has 0 radical (unpaired) electrons. The molecule has 1 saturated carbocycles. The molecule has 0 spiro atoms. The molecule has 0 aliphatic heterocycles. The third-order valence-corrected chi connectivity index (χ3v) is 2.91. The SMILES string of the molecule is COC(=O)/C=C\C(=O)CC(=O)NC1CCCCC1. The molecular weight excluding hydrogens is 234 g/mol. The lowest BCUT2D eigenvalue weighted by molar-refractivity contribution is -0.135. The molecule has 1 aliphatic carbocycles. The molecule has 1 N–H and O–H groups in total. The van der Waals surface area contributed by atoms with Gasteiger partial charge in [0, 0.05) is 12.1 Å². The van der Waals surface area contributed by atoms with E-state index in [-0.39, 0.29) is 18.4 Å². The molecule has 1 amide bonds. The fourth-order valence-corrected chi connectivity index (χ4v) is 1.97. The molecule has 0 aromatic heterocycles. The molecule has 0 atom stereocenters. The Morgan fingerprint density at radius 3 is 2.44 bits per heavy atom. The highest BCUT2D eigenvalue weighted by atomic mass is 16.5. The van der Waals surface area contributed by atoms with Crippen LogP contribution in [0.1, 0.15) is 38.5 Å². The number of methoxy groups -OCH3 is 1. The molecule has 5 nitrogen and oxygen atoms in total. The number of hydrogen-bond acceptors (Lipinski definition) is 4. The summed E-state index contributed by atoms with van der Waals surface area (Å²) >= 11 is 0. The van der Waals surface area contributed by atoms with Crippen LogP contribution in [0.5, 0.6) is 0 Å². The molecular formula is C13H19NO4. The first-order valence-corrected chi connectivity index (χ1v) is 6.20. The molecule has 1 aliphatic rings. The van der Waals surface area contributed by atoms with Crippen molar-refractivity contribution in [2.45, 2.75) is 44.6 Å². The number of carbonyl (C=O) groups excluding carboxylic acids is 3. The minimum absolute atomic E-state index is 0.198. The maximum atomic E-state index is 11.6. The second-order valence-corrected chi connectivity index (χ2v) is 4.40. The quantitative estimate of drug-likeness (QED) is 0.453. The zero-order chi connectivity index (χ0) is 13.4. The topological polar surface area (TPSA) is 72.5 Å². The summed E-state index contributed by atoms with van der Waals surface area (Å²) in [6.45, 7) is 0. The number of ketones is 1. The van der Waals surface area contributed by atoms with Gasteiger partial charge < -0.3 is 10.1 Å². The van der Waals surface area contributed by atoms with E-state index in [0.717, 1.165) is 37.8 Å². The molecule has 5 heteroatoms. The third kappa shape index (κ3) is 5.61. The van der Waals surface area contributed by atoms with Gasteiger partial charge in [-0.2, -0.15) is 0 Å². The van der Waals surface area contributed by atoms with Crippen molar-refractivity contribution in [3.63, 3.8) is 0 Å². The number of amides is 1. The summed E-state index contributed by atoms with van der Waals surface area (Å²) in [7, 11) is 1.23. The van der Waals surface area contributed by atoms with Gasteiger partial charge in [-0.15, -0.1) is 0 Å². The summed E-state index contributed by atoms with van der Waals surface area (Å²) in [4.78, 5) is 33.7. The normalized spacial score (nSPS) is 16.5. The molecule has 0 aromatic carbocycles. The van der Waals surface area contributed by atoms with Gasteiger partial charge in [-0.25, -0.2) is 4.79 Å². The summed E-state index contributed by atoms with van der Waals surface area (Å²) in [5, 5.41) is 2.84. The van der Waals surface area contributed by atoms with Crippen molar-refractivity contribution in [1.29, 1.82) is 0 Å². The Hall–Kier alpha value is -1.65. The van der Waals surface area contributed by atoms with Crippen LogP contribution in [0.25, 0.3) is 0 Å². The summed E-state index contributed by atoms with van der Waals surface area (Å²) in [5.74, 6) is -1.27. The van der Waals surface area contributed by atoms with Crippen LogP contribution in [0.2, 0.25) is 0 Å². The highest BCUT2D eigenvalue weighted by molar-refractivity contribution is 6.05. The molecule has 1 rings (SSSR count). The van der Waals surface area contributed by atoms with E-state index in [4.69, 9.17) is 0 Å². The fourth-order valence-electron chi connectivity index (χ4n) is 1.97. The highest BCUT2D eigenvalue weighted by Gasteiger charge is 2.16. The average Bonchev–Trinajstić information content (AvgIpc) is 2.37. The van der Waals surface area contributed by atoms with Gasteiger partial charge in [0.2, 0.25) is 5.91 Å². The molecule has 0 bridgehead atoms. The standard InChI is InChI=1S/C13H19NO4/c1-18-13(17)8-7-11(15)9-12(16)14-10-5-3-2-4-6-10/h7-8,10H,2-6,9H2,1H3,(H,14,16)/b8-7-. The minimum Gasteiger partial charge on any atom is -0.466 e. The van der Waals surface area contributed by atoms with E-state index >= 15 is 0 Å². The van der Waals surface area contributed by atoms with Crippen LogP contribution in [0.15, 0.2) is 12.2 Å². The fraction of sp³-hybridized carbons (Fsp3) is 0.615. The monoisotopic (exact) mass is 253 g/mol. The zero-order valence-corrected chi connectivity index (χ0v) is 10.6. The van der Waals surface area contributed by atoms with E-state index in [0.29, 0.717) is 0 Å². The molecule has 100 valence electrons. The Labute approximate surface area is 107 Å². The number of ether oxygens (including phenoxy) is 1. The summed E-state index contributed by atoms with van der Waals surface area (Å²) in [5.41, 5.74) is 0. The number of allylic oxidation sites excluding steroid dienone is 1. The van der Waals surface area contributed by atoms with Gasteiger partial charge in [0.25, 0.3) is 0 Å². The van der Waals surface area contributed by atoms with Crippen molar-refractivity contribution < 1.29 is 19.1 Å². The Kier molecular flexibility index (Phi) is 6.11. The number of esters is 1. The second-order valence-electron chi connectivity index (χ2n) is 4.40. The van der Waals surface area contributed by atoms with E-state index in [1.165, 1.54) is 13.5 Å². The predicted octanol–water partition coefficient (Wildman–Crippen LogP) is 1.12. The number of nitrogens with one attached hydrogen (secondary N) is 1. The van der Waals surface area contributed by atoms with Crippen LogP contribution in [-0.4, -0.2) is 30.8 Å². The summed E-state index contributed by atoms with van der Waals surface area (Å²) in [6, 6.07) is 0.198. The number of hydrogen-bond donors (Lipinski definition) is 1. The van der Waals surface area contributed by atoms with Gasteiger partial charge in [0.1, 0.15) is 0 Å². The molecule has 1 fully saturated rings. The average molecular weight is 253 g/mol. The minimum atomic E-state index is -0.601. The summed E-state index contributed by atoms with van der Waals surface area (Å²) in [6.07, 6.45) is 7.32. The van der Waals surface area contributed by atoms with Crippen LogP contribution in [0.3, 0.4) is 0 Å². The van der Waals surface area contributed by atoms with Gasteiger partial charge in [-0.3, -0.25) is 9.59 Å². The van der Waals surface area contributed by atoms with E-state index in [9.17, 15) is 14.4 Å². The van der Waals surface area contributed by atoms with Crippen LogP contribution in [0.4, 0.5) is 0 Å². The summed E-state index contributed by atoms with van der Waals surface area (Å²) < 4.78 is 4.35. The third-order valence-electron chi connectivity index (χ3n) is 2.91. The second kappa shape index (κ2) is 7.63. The number of rotatable bonds is 5. The lowest BCUT2D eigenvalue weighted by atomic mass is 9.95. The van der Waals surface area contributed by atoms with E-state index in [2.05, 4.69) is 10.1 Å². The van der Waals surface area contributed by atoms with Crippen LogP contribution in [-0.2, 0) is 19.1 Å². The maximum Gasteiger partial charge on any atom is 0.330 e. The number of carbonyl (C=O) groups is 3. The molecule has 18 heavy (non-hydrogen) atoms. The molecule has 0 heterocycles. The van der Waals surface area contributed by atoms with Gasteiger partial charge in [-0.1, -0.05) is 19.3 Å². The van der Waals surface area contributed by atoms with Crippen molar-refractivity contribution in [2.75, 3.05) is 7.11 Å². The van der Waals surface area contributed by atoms with Crippen LogP contribution < -0.4 is 5.32 Å². The Bertz CT molecular complexity index is 343. The molecule has 0 saturated heterocycles. The van der Waals surface area contributed by atoms with Crippen LogP contribution >= 0.6 is 0 Å². The highest BCUT2D eigenvalue weighted by Crippen LogP contribution is 2.17. The maximum absolute atomic E-state index is 11.6. The van der Waals surface area contributed by atoms with Gasteiger partial charge in [0.05, 0.1) is 13.5 Å². The molecule has 0 unspecified atom stereocenters. The van der Waals surface area contributed by atoms with Crippen molar-refractivity contribution >= 4 is 17.7 Å². The zero-order valence-electron chi connectivity index (χ0n) is 10.6. The van der Waals surface area contributed by atoms with Gasteiger partial charge >= 0.3 is 5.97 Å². The van der Waals surface area contributed by atoms with Crippen LogP contribution in [0, 0.1) is 0 Å². The van der Waals surface area contributed by atoms with Crippen molar-refractivity contribution in [3.05, 3.63) is 12.2 Å². The smallest absolute Gasteiger partial charge is 0.330 e. The Morgan fingerprint density at radius 1 is 1.17 bits per heavy atom. The van der Waals surface area contributed by atoms with Gasteiger partial charge in [-0.05, 0) is 18.9 Å². The van der Waals surface area contributed by atoms with Crippen molar-refractivity contribution in [3.8, 4) is 0 Å². The van der Waals surface area contributed by atoms with E-state index < -0.39 is 11.8 Å². The van der Waals surface area contributed by atoms with E-state index in [1.807, 2.05) is 0 Å². The first-order chi connectivity index (χ1) is 8.61. The lowest BCUT2D eigenvalue weighted by Crippen LogP contribution is -2.36. The van der Waals surface area contributed by atoms with Gasteiger partial charge in [0.15, 0.2) is 5.78 Å². The first kappa shape index (κ1) is 14.4. The predicted molar refractivity (Wildman–Crippen MR) is 65.8 cm³/mol. The molecule has 0 aromatic rings. The Morgan fingerprint density at radius 2 is 1.83 bits per heavy atom. The Balaban J connectivity index is 2.28. The van der Waals surface area contributed by atoms with Crippen molar-refractivity contribution in [1.82, 2.24) is 5.32 Å².